The van der Waals surface area contributed by atoms with Crippen molar-refractivity contribution in [1.82, 2.24) is 9.55 Å². The van der Waals surface area contributed by atoms with Gasteiger partial charge in [-0.15, -0.1) is 0 Å². The van der Waals surface area contributed by atoms with Crippen molar-refractivity contribution in [3.63, 3.8) is 0 Å². The largest absolute Gasteiger partial charge is 0.352 e. The highest BCUT2D eigenvalue weighted by molar-refractivity contribution is 6.30. The Balaban J connectivity index is 1.77. The van der Waals surface area contributed by atoms with E-state index < -0.39 is 0 Å². The molecule has 0 atom stereocenters. The molecule has 0 saturated carbocycles. The predicted molar refractivity (Wildman–Crippen MR) is 87.4 cm³/mol. The molecule has 0 spiro atoms. The molecule has 2 aromatic carbocycles. The minimum atomic E-state index is -0.235. The zero-order chi connectivity index (χ0) is 15.5. The summed E-state index contributed by atoms with van der Waals surface area (Å²) in [5.41, 5.74) is 2.90. The quantitative estimate of drug-likeness (QED) is 0.768. The van der Waals surface area contributed by atoms with Crippen LogP contribution in [0.3, 0.4) is 0 Å². The van der Waals surface area contributed by atoms with Crippen LogP contribution < -0.4 is 5.32 Å². The van der Waals surface area contributed by atoms with Gasteiger partial charge in [0.05, 0.1) is 11.9 Å². The van der Waals surface area contributed by atoms with E-state index in [1.54, 1.807) is 12.3 Å². The maximum Gasteiger partial charge on any atom is 0.203 e. The molecule has 0 unspecified atom stereocenters. The van der Waals surface area contributed by atoms with Gasteiger partial charge >= 0.3 is 0 Å². The molecular formula is C17H15ClFN3. The Morgan fingerprint density at radius 1 is 1.18 bits per heavy atom. The fourth-order valence-corrected chi connectivity index (χ4v) is 2.42. The van der Waals surface area contributed by atoms with Gasteiger partial charge in [-0.1, -0.05) is 35.9 Å². The molecule has 5 heteroatoms. The Kier molecular flexibility index (Phi) is 4.11. The Morgan fingerprint density at radius 2 is 1.95 bits per heavy atom. The number of aromatic nitrogens is 2. The first-order valence-electron chi connectivity index (χ1n) is 6.89. The fraction of sp³-hybridized carbons (Fsp3) is 0.118. The summed E-state index contributed by atoms with van der Waals surface area (Å²) in [4.78, 5) is 4.38. The highest BCUT2D eigenvalue weighted by Gasteiger charge is 2.08. The first kappa shape index (κ1) is 14.6. The molecular weight excluding hydrogens is 301 g/mol. The Bertz CT molecular complexity index is 781. The van der Waals surface area contributed by atoms with Gasteiger partial charge in [-0.25, -0.2) is 9.37 Å². The van der Waals surface area contributed by atoms with Crippen molar-refractivity contribution < 1.29 is 4.39 Å². The number of halogens is 2. The van der Waals surface area contributed by atoms with E-state index in [4.69, 9.17) is 11.6 Å². The second kappa shape index (κ2) is 6.20. The lowest BCUT2D eigenvalue weighted by molar-refractivity contribution is 0.626. The van der Waals surface area contributed by atoms with Crippen LogP contribution in [0.15, 0.2) is 54.7 Å². The van der Waals surface area contributed by atoms with Gasteiger partial charge in [-0.3, -0.25) is 0 Å². The van der Waals surface area contributed by atoms with Crippen LogP contribution in [0.2, 0.25) is 5.02 Å². The Hall–Kier alpha value is -2.33. The molecule has 1 N–H and O–H groups in total. The van der Waals surface area contributed by atoms with Crippen LogP contribution in [-0.2, 0) is 13.6 Å². The summed E-state index contributed by atoms with van der Waals surface area (Å²) in [7, 11) is 1.94. The van der Waals surface area contributed by atoms with Crippen molar-refractivity contribution in [3.8, 4) is 11.3 Å². The second-order valence-corrected chi connectivity index (χ2v) is 5.45. The standard InChI is InChI=1S/C17H15ClFN3/c1-22-16(13-5-7-14(18)8-6-13)11-21-17(22)20-10-12-3-2-4-15(19)9-12/h2-9,11H,10H2,1H3,(H,20,21). The van der Waals surface area contributed by atoms with E-state index in [9.17, 15) is 4.39 Å². The summed E-state index contributed by atoms with van der Waals surface area (Å²) in [6.07, 6.45) is 1.80. The van der Waals surface area contributed by atoms with Crippen molar-refractivity contribution in [2.75, 3.05) is 5.32 Å². The molecule has 1 heterocycles. The van der Waals surface area contributed by atoms with Gasteiger partial charge in [-0.05, 0) is 35.4 Å². The van der Waals surface area contributed by atoms with Gasteiger partial charge in [0.25, 0.3) is 0 Å². The van der Waals surface area contributed by atoms with E-state index in [0.717, 1.165) is 22.8 Å². The molecule has 0 bridgehead atoms. The van der Waals surface area contributed by atoms with E-state index in [0.29, 0.717) is 11.6 Å². The minimum absolute atomic E-state index is 0.235. The molecule has 3 rings (SSSR count). The molecule has 0 fully saturated rings. The number of anilines is 1. The number of hydrogen-bond acceptors (Lipinski definition) is 2. The minimum Gasteiger partial charge on any atom is -0.352 e. The topological polar surface area (TPSA) is 29.9 Å². The van der Waals surface area contributed by atoms with Gasteiger partial charge < -0.3 is 9.88 Å². The molecule has 3 aromatic rings. The van der Waals surface area contributed by atoms with E-state index in [1.165, 1.54) is 12.1 Å². The summed E-state index contributed by atoms with van der Waals surface area (Å²) >= 11 is 5.91. The Labute approximate surface area is 133 Å². The number of rotatable bonds is 4. The fourth-order valence-electron chi connectivity index (χ4n) is 2.29. The summed E-state index contributed by atoms with van der Waals surface area (Å²) in [6, 6.07) is 14.1. The van der Waals surface area contributed by atoms with Crippen molar-refractivity contribution in [1.29, 1.82) is 0 Å². The lowest BCUT2D eigenvalue weighted by Gasteiger charge is -2.08. The third-order valence-electron chi connectivity index (χ3n) is 3.47. The summed E-state index contributed by atoms with van der Waals surface area (Å²) in [5.74, 6) is 0.496. The highest BCUT2D eigenvalue weighted by Crippen LogP contribution is 2.23. The van der Waals surface area contributed by atoms with Gasteiger partial charge in [0, 0.05) is 18.6 Å². The van der Waals surface area contributed by atoms with E-state index in [1.807, 2.05) is 41.9 Å². The van der Waals surface area contributed by atoms with Crippen LogP contribution in [-0.4, -0.2) is 9.55 Å². The second-order valence-electron chi connectivity index (χ2n) is 5.02. The van der Waals surface area contributed by atoms with Gasteiger partial charge in [0.1, 0.15) is 5.82 Å². The molecule has 0 amide bonds. The normalized spacial score (nSPS) is 10.7. The average Bonchev–Trinajstić information content (AvgIpc) is 2.87. The zero-order valence-electron chi connectivity index (χ0n) is 12.1. The number of nitrogens with one attached hydrogen (secondary N) is 1. The van der Waals surface area contributed by atoms with Gasteiger partial charge in [0.15, 0.2) is 0 Å². The van der Waals surface area contributed by atoms with Crippen LogP contribution >= 0.6 is 11.6 Å². The molecule has 22 heavy (non-hydrogen) atoms. The third kappa shape index (κ3) is 3.12. The van der Waals surface area contributed by atoms with Gasteiger partial charge in [-0.2, -0.15) is 0 Å². The van der Waals surface area contributed by atoms with Crippen LogP contribution in [0, 0.1) is 5.82 Å². The first-order chi connectivity index (χ1) is 10.6. The van der Waals surface area contributed by atoms with Crippen molar-refractivity contribution in [2.24, 2.45) is 7.05 Å². The van der Waals surface area contributed by atoms with Crippen LogP contribution in [0.5, 0.6) is 0 Å². The van der Waals surface area contributed by atoms with Crippen LogP contribution in [0.25, 0.3) is 11.3 Å². The number of benzene rings is 2. The molecule has 0 aliphatic carbocycles. The highest BCUT2D eigenvalue weighted by atomic mass is 35.5. The maximum atomic E-state index is 13.2. The number of hydrogen-bond donors (Lipinski definition) is 1. The van der Waals surface area contributed by atoms with Crippen molar-refractivity contribution in [2.45, 2.75) is 6.54 Å². The van der Waals surface area contributed by atoms with E-state index >= 15 is 0 Å². The lowest BCUT2D eigenvalue weighted by atomic mass is 10.2. The molecule has 0 aliphatic rings. The third-order valence-corrected chi connectivity index (χ3v) is 3.72. The van der Waals surface area contributed by atoms with E-state index in [-0.39, 0.29) is 5.82 Å². The SMILES string of the molecule is Cn1c(-c2ccc(Cl)cc2)cnc1NCc1cccc(F)c1. The number of nitrogens with zero attached hydrogens (tertiary/aromatic N) is 2. The summed E-state index contributed by atoms with van der Waals surface area (Å²) in [6.45, 7) is 0.517. The Morgan fingerprint density at radius 3 is 2.68 bits per heavy atom. The summed E-state index contributed by atoms with van der Waals surface area (Å²) in [5, 5.41) is 3.92. The number of imidazole rings is 1. The predicted octanol–water partition coefficient (Wildman–Crippen LogP) is 4.49. The van der Waals surface area contributed by atoms with Gasteiger partial charge in [0.2, 0.25) is 5.95 Å². The van der Waals surface area contributed by atoms with Crippen LogP contribution in [0.4, 0.5) is 10.3 Å². The average molecular weight is 316 g/mol. The van der Waals surface area contributed by atoms with Crippen LogP contribution in [0.1, 0.15) is 5.56 Å². The lowest BCUT2D eigenvalue weighted by Crippen LogP contribution is -2.05. The maximum absolute atomic E-state index is 13.2. The van der Waals surface area contributed by atoms with E-state index in [2.05, 4.69) is 10.3 Å². The molecule has 112 valence electrons. The molecule has 1 aromatic heterocycles. The summed E-state index contributed by atoms with van der Waals surface area (Å²) < 4.78 is 15.1. The zero-order valence-corrected chi connectivity index (χ0v) is 12.8. The molecule has 0 radical (unpaired) electrons. The monoisotopic (exact) mass is 315 g/mol. The van der Waals surface area contributed by atoms with Crippen molar-refractivity contribution in [3.05, 3.63) is 71.1 Å². The molecule has 3 nitrogen and oxygen atoms in total. The molecule has 0 aliphatic heterocycles. The molecule has 0 saturated heterocycles. The smallest absolute Gasteiger partial charge is 0.203 e. The van der Waals surface area contributed by atoms with Crippen molar-refractivity contribution >= 4 is 17.5 Å². The first-order valence-corrected chi connectivity index (χ1v) is 7.27.